The first kappa shape index (κ1) is 14.1. The standard InChI is InChI=1S/C12H19BrN2O2S/c1-3-4-11-10(7-13)8-14-15(11)12(2)5-6-18(16,17)9-12/h8H,3-7,9H2,1-2H3. The van der Waals surface area contributed by atoms with E-state index in [1.165, 1.54) is 11.3 Å². The molecule has 0 N–H and O–H groups in total. The second-order valence-electron chi connectivity index (χ2n) is 5.25. The molecule has 0 radical (unpaired) electrons. The molecule has 0 amide bonds. The Morgan fingerprint density at radius 1 is 1.56 bits per heavy atom. The van der Waals surface area contributed by atoms with Crippen LogP contribution < -0.4 is 0 Å². The highest BCUT2D eigenvalue weighted by molar-refractivity contribution is 9.08. The van der Waals surface area contributed by atoms with Crippen molar-refractivity contribution in [3.8, 4) is 0 Å². The van der Waals surface area contributed by atoms with E-state index in [-0.39, 0.29) is 17.0 Å². The van der Waals surface area contributed by atoms with Crippen molar-refractivity contribution in [3.63, 3.8) is 0 Å². The van der Waals surface area contributed by atoms with Crippen molar-refractivity contribution in [1.82, 2.24) is 9.78 Å². The van der Waals surface area contributed by atoms with Crippen molar-refractivity contribution in [2.24, 2.45) is 0 Å². The Kier molecular flexibility index (Phi) is 3.88. The Morgan fingerprint density at radius 3 is 2.78 bits per heavy atom. The van der Waals surface area contributed by atoms with Gasteiger partial charge in [0.25, 0.3) is 0 Å². The summed E-state index contributed by atoms with van der Waals surface area (Å²) in [5, 5.41) is 5.22. The predicted molar refractivity (Wildman–Crippen MR) is 75.8 cm³/mol. The Labute approximate surface area is 117 Å². The second kappa shape index (κ2) is 4.96. The molecule has 1 atom stereocenters. The summed E-state index contributed by atoms with van der Waals surface area (Å²) in [5.41, 5.74) is 1.97. The highest BCUT2D eigenvalue weighted by atomic mass is 79.9. The quantitative estimate of drug-likeness (QED) is 0.793. The number of aromatic nitrogens is 2. The minimum atomic E-state index is -2.90. The van der Waals surface area contributed by atoms with Crippen LogP contribution in [0.2, 0.25) is 0 Å². The minimum Gasteiger partial charge on any atom is -0.262 e. The summed E-state index contributed by atoms with van der Waals surface area (Å²) in [6.45, 7) is 4.13. The normalized spacial score (nSPS) is 26.6. The van der Waals surface area contributed by atoms with E-state index in [0.717, 1.165) is 18.2 Å². The average molecular weight is 335 g/mol. The van der Waals surface area contributed by atoms with Crippen LogP contribution in [-0.4, -0.2) is 29.7 Å². The number of rotatable bonds is 4. The molecule has 2 rings (SSSR count). The van der Waals surface area contributed by atoms with Crippen molar-refractivity contribution in [1.29, 1.82) is 0 Å². The molecule has 102 valence electrons. The predicted octanol–water partition coefficient (Wildman–Crippen LogP) is 2.26. The van der Waals surface area contributed by atoms with E-state index in [9.17, 15) is 8.42 Å². The molecule has 2 heterocycles. The third-order valence-corrected chi connectivity index (χ3v) is 6.07. The van der Waals surface area contributed by atoms with Crippen LogP contribution in [0.1, 0.15) is 37.9 Å². The van der Waals surface area contributed by atoms with Crippen molar-refractivity contribution in [3.05, 3.63) is 17.5 Å². The molecule has 0 bridgehead atoms. The minimum absolute atomic E-state index is 0.208. The van der Waals surface area contributed by atoms with Crippen LogP contribution in [0, 0.1) is 0 Å². The topological polar surface area (TPSA) is 52.0 Å². The number of hydrogen-bond acceptors (Lipinski definition) is 3. The van der Waals surface area contributed by atoms with E-state index < -0.39 is 9.84 Å². The number of alkyl halides is 1. The molecule has 0 aromatic carbocycles. The van der Waals surface area contributed by atoms with Crippen molar-refractivity contribution in [2.45, 2.75) is 44.0 Å². The Morgan fingerprint density at radius 2 is 2.28 bits per heavy atom. The van der Waals surface area contributed by atoms with Gasteiger partial charge in [0.05, 0.1) is 23.2 Å². The molecule has 1 saturated heterocycles. The zero-order valence-corrected chi connectivity index (χ0v) is 13.2. The molecule has 1 aromatic heterocycles. The molecule has 1 fully saturated rings. The first-order valence-corrected chi connectivity index (χ1v) is 9.19. The van der Waals surface area contributed by atoms with E-state index in [1.54, 1.807) is 0 Å². The van der Waals surface area contributed by atoms with Gasteiger partial charge in [0, 0.05) is 16.6 Å². The Balaban J connectivity index is 2.42. The van der Waals surface area contributed by atoms with Gasteiger partial charge >= 0.3 is 0 Å². The van der Waals surface area contributed by atoms with E-state index in [1.807, 2.05) is 17.8 Å². The lowest BCUT2D eigenvalue weighted by Gasteiger charge is -2.25. The van der Waals surface area contributed by atoms with Gasteiger partial charge in [-0.25, -0.2) is 8.42 Å². The zero-order valence-electron chi connectivity index (χ0n) is 10.8. The smallest absolute Gasteiger partial charge is 0.152 e. The highest BCUT2D eigenvalue weighted by Gasteiger charge is 2.41. The maximum atomic E-state index is 11.7. The summed E-state index contributed by atoms with van der Waals surface area (Å²) in [5.74, 6) is 0.485. The van der Waals surface area contributed by atoms with Crippen LogP contribution >= 0.6 is 15.9 Å². The molecule has 1 unspecified atom stereocenters. The lowest BCUT2D eigenvalue weighted by molar-refractivity contribution is 0.317. The molecule has 1 aromatic rings. The SMILES string of the molecule is CCCc1c(CBr)cnn1C1(C)CCS(=O)(=O)C1. The summed E-state index contributed by atoms with van der Waals surface area (Å²) < 4.78 is 25.4. The van der Waals surface area contributed by atoms with Gasteiger partial charge in [-0.1, -0.05) is 29.3 Å². The fourth-order valence-corrected chi connectivity index (χ4v) is 5.23. The lowest BCUT2D eigenvalue weighted by Crippen LogP contribution is -2.34. The maximum absolute atomic E-state index is 11.7. The van der Waals surface area contributed by atoms with Crippen LogP contribution in [0.4, 0.5) is 0 Å². The molecule has 18 heavy (non-hydrogen) atoms. The molecule has 0 spiro atoms. The molecule has 4 nitrogen and oxygen atoms in total. The van der Waals surface area contributed by atoms with Gasteiger partial charge in [0.2, 0.25) is 0 Å². The number of halogens is 1. The lowest BCUT2D eigenvalue weighted by atomic mass is 10.0. The van der Waals surface area contributed by atoms with E-state index >= 15 is 0 Å². The number of hydrogen-bond donors (Lipinski definition) is 0. The van der Waals surface area contributed by atoms with Gasteiger partial charge in [-0.15, -0.1) is 0 Å². The number of sulfone groups is 1. The average Bonchev–Trinajstić information content (AvgIpc) is 2.81. The van der Waals surface area contributed by atoms with Gasteiger partial charge in [-0.2, -0.15) is 5.10 Å². The molecule has 1 aliphatic heterocycles. The van der Waals surface area contributed by atoms with Gasteiger partial charge in [-0.05, 0) is 19.8 Å². The summed E-state index contributed by atoms with van der Waals surface area (Å²) in [7, 11) is -2.90. The molecule has 0 aliphatic carbocycles. The fourth-order valence-electron chi connectivity index (χ4n) is 2.65. The third kappa shape index (κ3) is 2.50. The highest BCUT2D eigenvalue weighted by Crippen LogP contribution is 2.32. The van der Waals surface area contributed by atoms with E-state index in [0.29, 0.717) is 6.42 Å². The van der Waals surface area contributed by atoms with Crippen LogP contribution in [0.25, 0.3) is 0 Å². The zero-order chi connectivity index (χ0) is 13.4. The van der Waals surface area contributed by atoms with Crippen molar-refractivity contribution < 1.29 is 8.42 Å². The molecular formula is C12H19BrN2O2S. The first-order chi connectivity index (χ1) is 8.42. The second-order valence-corrected chi connectivity index (χ2v) is 8.00. The molecule has 6 heteroatoms. The van der Waals surface area contributed by atoms with Gasteiger partial charge in [0.15, 0.2) is 9.84 Å². The monoisotopic (exact) mass is 334 g/mol. The molecular weight excluding hydrogens is 316 g/mol. The largest absolute Gasteiger partial charge is 0.262 e. The summed E-state index contributed by atoms with van der Waals surface area (Å²) in [6.07, 6.45) is 4.50. The summed E-state index contributed by atoms with van der Waals surface area (Å²) in [4.78, 5) is 0. The molecule has 0 saturated carbocycles. The van der Waals surface area contributed by atoms with Gasteiger partial charge < -0.3 is 0 Å². The van der Waals surface area contributed by atoms with Gasteiger partial charge in [-0.3, -0.25) is 4.68 Å². The summed E-state index contributed by atoms with van der Waals surface area (Å²) in [6, 6.07) is 0. The Hall–Kier alpha value is -0.360. The van der Waals surface area contributed by atoms with Crippen LogP contribution in [0.15, 0.2) is 6.20 Å². The molecule has 1 aliphatic rings. The van der Waals surface area contributed by atoms with Gasteiger partial charge in [0.1, 0.15) is 0 Å². The van der Waals surface area contributed by atoms with Crippen molar-refractivity contribution in [2.75, 3.05) is 11.5 Å². The fraction of sp³-hybridized carbons (Fsp3) is 0.750. The third-order valence-electron chi connectivity index (χ3n) is 3.58. The van der Waals surface area contributed by atoms with Crippen LogP contribution in [0.5, 0.6) is 0 Å². The van der Waals surface area contributed by atoms with E-state index in [2.05, 4.69) is 28.0 Å². The summed E-state index contributed by atoms with van der Waals surface area (Å²) >= 11 is 3.47. The number of nitrogens with zero attached hydrogens (tertiary/aromatic N) is 2. The maximum Gasteiger partial charge on any atom is 0.152 e. The van der Waals surface area contributed by atoms with Crippen LogP contribution in [-0.2, 0) is 27.1 Å². The van der Waals surface area contributed by atoms with Crippen molar-refractivity contribution >= 4 is 25.8 Å². The van der Waals surface area contributed by atoms with Crippen LogP contribution in [0.3, 0.4) is 0 Å². The first-order valence-electron chi connectivity index (χ1n) is 6.24. The Bertz CT molecular complexity index is 538. The van der Waals surface area contributed by atoms with E-state index in [4.69, 9.17) is 0 Å².